The van der Waals surface area contributed by atoms with E-state index in [-0.39, 0.29) is 12.8 Å². The van der Waals surface area contributed by atoms with Gasteiger partial charge in [-0.2, -0.15) is 0 Å². The number of carbonyl (C=O) groups is 1. The van der Waals surface area contributed by atoms with Crippen molar-refractivity contribution in [3.8, 4) is 0 Å². The summed E-state index contributed by atoms with van der Waals surface area (Å²) in [5.74, 6) is -0.370. The van der Waals surface area contributed by atoms with E-state index in [2.05, 4.69) is 50.2 Å². The number of hydrogen-bond donors (Lipinski definition) is 3. The maximum atomic E-state index is 10.8. The molecule has 3 unspecified atom stereocenters. The Morgan fingerprint density at radius 1 is 1.07 bits per heavy atom. The molecule has 158 valence electrons. The van der Waals surface area contributed by atoms with Crippen molar-refractivity contribution >= 4 is 11.5 Å². The zero-order valence-electron chi connectivity index (χ0n) is 17.5. The van der Waals surface area contributed by atoms with Crippen LogP contribution in [0.2, 0.25) is 0 Å². The summed E-state index contributed by atoms with van der Waals surface area (Å²) in [6.07, 6.45) is 2.24. The zero-order chi connectivity index (χ0) is 21.7. The molecule has 2 aromatic carbocycles. The Morgan fingerprint density at radius 3 is 2.40 bits per heavy atom. The second-order valence-corrected chi connectivity index (χ2v) is 8.32. The highest BCUT2D eigenvalue weighted by Gasteiger charge is 2.28. The second kappa shape index (κ2) is 9.88. The molecule has 30 heavy (non-hydrogen) atoms. The molecule has 0 saturated heterocycles. The van der Waals surface area contributed by atoms with E-state index in [1.54, 1.807) is 6.08 Å². The third-order valence-corrected chi connectivity index (χ3v) is 5.70. The van der Waals surface area contributed by atoms with Crippen LogP contribution in [0.5, 0.6) is 0 Å². The van der Waals surface area contributed by atoms with Crippen LogP contribution in [0.15, 0.2) is 72.3 Å². The summed E-state index contributed by atoms with van der Waals surface area (Å²) >= 11 is 0. The van der Waals surface area contributed by atoms with Crippen molar-refractivity contribution in [1.82, 2.24) is 0 Å². The highest BCUT2D eigenvalue weighted by atomic mass is 16.4. The first-order valence-corrected chi connectivity index (χ1v) is 10.5. The first-order chi connectivity index (χ1) is 14.4. The number of aliphatic hydroxyl groups is 2. The topological polar surface area (TPSA) is 77.8 Å². The molecule has 3 N–H and O–H groups in total. The fourth-order valence-electron chi connectivity index (χ4n) is 4.22. The normalized spacial score (nSPS) is 18.5. The lowest BCUT2D eigenvalue weighted by molar-refractivity contribution is -0.139. The molecule has 0 spiro atoms. The van der Waals surface area contributed by atoms with Crippen LogP contribution in [0.25, 0.3) is 5.57 Å². The van der Waals surface area contributed by atoms with Crippen LogP contribution >= 0.6 is 0 Å². The van der Waals surface area contributed by atoms with E-state index in [1.807, 2.05) is 24.3 Å². The number of hydrogen-bond acceptors (Lipinski definition) is 3. The van der Waals surface area contributed by atoms with Gasteiger partial charge in [0.15, 0.2) is 0 Å². The van der Waals surface area contributed by atoms with Crippen molar-refractivity contribution < 1.29 is 20.1 Å². The predicted octanol–water partition coefficient (Wildman–Crippen LogP) is 4.46. The van der Waals surface area contributed by atoms with E-state index in [9.17, 15) is 15.0 Å². The van der Waals surface area contributed by atoms with Crippen molar-refractivity contribution in [2.75, 3.05) is 0 Å². The van der Waals surface area contributed by atoms with Crippen LogP contribution < -0.4 is 0 Å². The Kier molecular flexibility index (Phi) is 7.24. The minimum absolute atomic E-state index is 0.000315. The van der Waals surface area contributed by atoms with E-state index in [1.165, 1.54) is 22.3 Å². The summed E-state index contributed by atoms with van der Waals surface area (Å²) in [5, 5.41) is 29.0. The molecule has 3 atom stereocenters. The molecule has 0 radical (unpaired) electrons. The number of allylic oxidation sites excluding steroid dienone is 2. The summed E-state index contributed by atoms with van der Waals surface area (Å²) in [7, 11) is 0. The van der Waals surface area contributed by atoms with E-state index in [0.717, 1.165) is 12.0 Å². The maximum absolute atomic E-state index is 10.8. The molecule has 0 aliphatic heterocycles. The lowest BCUT2D eigenvalue weighted by atomic mass is 9.72. The summed E-state index contributed by atoms with van der Waals surface area (Å²) in [4.78, 5) is 10.8. The fraction of sp³-hybridized carbons (Fsp3) is 0.346. The van der Waals surface area contributed by atoms with Crippen LogP contribution in [0, 0.1) is 11.8 Å². The first kappa shape index (κ1) is 22.0. The SMILES string of the molecule is CC(C)C1Cc2ccccc2C(c2ccccc2)=C1/C=C/C(O)CC(O)CC(=O)O. The third-order valence-electron chi connectivity index (χ3n) is 5.70. The van der Waals surface area contributed by atoms with Crippen molar-refractivity contribution in [2.45, 2.75) is 45.3 Å². The molecule has 0 bridgehead atoms. The summed E-state index contributed by atoms with van der Waals surface area (Å²) in [5.41, 5.74) is 6.01. The van der Waals surface area contributed by atoms with Crippen LogP contribution in [-0.2, 0) is 11.2 Å². The number of fused-ring (bicyclic) bond motifs is 1. The average Bonchev–Trinajstić information content (AvgIpc) is 2.71. The number of rotatable bonds is 8. The van der Waals surface area contributed by atoms with Crippen LogP contribution in [0.4, 0.5) is 0 Å². The van der Waals surface area contributed by atoms with E-state index >= 15 is 0 Å². The lowest BCUT2D eigenvalue weighted by Crippen LogP contribution is -2.22. The second-order valence-electron chi connectivity index (χ2n) is 8.32. The number of benzene rings is 2. The fourth-order valence-corrected chi connectivity index (χ4v) is 4.22. The van der Waals surface area contributed by atoms with Crippen LogP contribution in [0.3, 0.4) is 0 Å². The van der Waals surface area contributed by atoms with Gasteiger partial charge in [0, 0.05) is 6.42 Å². The van der Waals surface area contributed by atoms with Crippen molar-refractivity contribution in [2.24, 2.45) is 11.8 Å². The lowest BCUT2D eigenvalue weighted by Gasteiger charge is -2.32. The zero-order valence-corrected chi connectivity index (χ0v) is 17.5. The van der Waals surface area contributed by atoms with E-state index in [4.69, 9.17) is 5.11 Å². The van der Waals surface area contributed by atoms with Gasteiger partial charge in [0.25, 0.3) is 0 Å². The Labute approximate surface area is 178 Å². The van der Waals surface area contributed by atoms with Crippen molar-refractivity contribution in [3.63, 3.8) is 0 Å². The van der Waals surface area contributed by atoms with Gasteiger partial charge in [0.2, 0.25) is 0 Å². The van der Waals surface area contributed by atoms with Gasteiger partial charge in [0.1, 0.15) is 0 Å². The number of aliphatic carboxylic acids is 1. The molecule has 4 nitrogen and oxygen atoms in total. The Balaban J connectivity index is 2.03. The van der Waals surface area contributed by atoms with Crippen molar-refractivity contribution in [3.05, 3.63) is 89.0 Å². The highest BCUT2D eigenvalue weighted by molar-refractivity contribution is 5.86. The number of carboxylic acids is 1. The number of carboxylic acid groups (broad SMARTS) is 1. The Morgan fingerprint density at radius 2 is 1.73 bits per heavy atom. The quantitative estimate of drug-likeness (QED) is 0.605. The highest BCUT2D eigenvalue weighted by Crippen LogP contribution is 2.42. The Hall–Kier alpha value is -2.69. The molecule has 3 rings (SSSR count). The molecular formula is C26H30O4. The van der Waals surface area contributed by atoms with Crippen LogP contribution in [0.1, 0.15) is 43.4 Å². The molecule has 1 aliphatic carbocycles. The monoisotopic (exact) mass is 406 g/mol. The largest absolute Gasteiger partial charge is 0.481 e. The van der Waals surface area contributed by atoms with E-state index in [0.29, 0.717) is 11.8 Å². The minimum atomic E-state index is -1.07. The molecular weight excluding hydrogens is 376 g/mol. The van der Waals surface area contributed by atoms with Gasteiger partial charge in [-0.1, -0.05) is 80.6 Å². The predicted molar refractivity (Wildman–Crippen MR) is 119 cm³/mol. The summed E-state index contributed by atoms with van der Waals surface area (Å²) < 4.78 is 0. The van der Waals surface area contributed by atoms with Gasteiger partial charge < -0.3 is 15.3 Å². The van der Waals surface area contributed by atoms with Gasteiger partial charge in [-0.15, -0.1) is 0 Å². The molecule has 4 heteroatoms. The van der Waals surface area contributed by atoms with Gasteiger partial charge in [-0.05, 0) is 46.1 Å². The maximum Gasteiger partial charge on any atom is 0.305 e. The molecule has 0 amide bonds. The molecule has 0 heterocycles. The average molecular weight is 407 g/mol. The summed E-state index contributed by atoms with van der Waals surface area (Å²) in [6, 6.07) is 18.7. The first-order valence-electron chi connectivity index (χ1n) is 10.5. The number of aliphatic hydroxyl groups excluding tert-OH is 2. The standard InChI is InChI=1S/C26H30O4/c1-17(2)24-14-19-10-6-7-11-22(19)26(18-8-4-3-5-9-18)23(24)13-12-20(27)15-21(28)16-25(29)30/h3-13,17,20-21,24,27-28H,14-16H2,1-2H3,(H,29,30)/b13-12+. The van der Waals surface area contributed by atoms with Gasteiger partial charge in [-0.25, -0.2) is 0 Å². The molecule has 0 saturated carbocycles. The molecule has 0 fully saturated rings. The smallest absolute Gasteiger partial charge is 0.305 e. The van der Waals surface area contributed by atoms with Gasteiger partial charge >= 0.3 is 5.97 Å². The van der Waals surface area contributed by atoms with Crippen LogP contribution in [-0.4, -0.2) is 33.5 Å². The van der Waals surface area contributed by atoms with Gasteiger partial charge in [0.05, 0.1) is 18.6 Å². The third kappa shape index (κ3) is 5.26. The molecule has 0 aromatic heterocycles. The Bertz CT molecular complexity index is 927. The van der Waals surface area contributed by atoms with Gasteiger partial charge in [-0.3, -0.25) is 4.79 Å². The van der Waals surface area contributed by atoms with Crippen molar-refractivity contribution in [1.29, 1.82) is 0 Å². The minimum Gasteiger partial charge on any atom is -0.481 e. The molecule has 1 aliphatic rings. The summed E-state index contributed by atoms with van der Waals surface area (Å²) in [6.45, 7) is 4.42. The molecule has 2 aromatic rings. The van der Waals surface area contributed by atoms with E-state index < -0.39 is 18.2 Å².